The average Bonchev–Trinajstić information content (AvgIpc) is 3.01. The van der Waals surface area contributed by atoms with Gasteiger partial charge in [-0.15, -0.1) is 0 Å². The first-order valence-electron chi connectivity index (χ1n) is 7.28. The Balaban J connectivity index is 1.46. The third-order valence-electron chi connectivity index (χ3n) is 5.34. The molecule has 1 N–H and O–H groups in total. The minimum atomic E-state index is 0.819. The quantitative estimate of drug-likeness (QED) is 0.785. The lowest BCUT2D eigenvalue weighted by Gasteiger charge is -2.29. The molecule has 1 heterocycles. The van der Waals surface area contributed by atoms with E-state index in [2.05, 4.69) is 17.3 Å². The molecule has 0 aromatic heterocycles. The predicted molar refractivity (Wildman–Crippen MR) is 67.5 cm³/mol. The summed E-state index contributed by atoms with van der Waals surface area (Å²) >= 11 is 0. The topological polar surface area (TPSA) is 15.3 Å². The van der Waals surface area contributed by atoms with E-state index in [-0.39, 0.29) is 0 Å². The maximum absolute atomic E-state index is 3.50. The van der Waals surface area contributed by atoms with E-state index in [1.165, 1.54) is 58.0 Å². The zero-order valence-electron chi connectivity index (χ0n) is 10.6. The number of rotatable bonds is 4. The molecule has 4 atom stereocenters. The summed E-state index contributed by atoms with van der Waals surface area (Å²) in [4.78, 5) is 2.79. The van der Waals surface area contributed by atoms with Crippen LogP contribution in [0.3, 0.4) is 0 Å². The first-order valence-corrected chi connectivity index (χ1v) is 7.28. The van der Waals surface area contributed by atoms with Gasteiger partial charge < -0.3 is 10.2 Å². The largest absolute Gasteiger partial charge is 0.317 e. The smallest absolute Gasteiger partial charge is 0.00985 e. The van der Waals surface area contributed by atoms with Gasteiger partial charge in [-0.3, -0.25) is 0 Å². The highest BCUT2D eigenvalue weighted by atomic mass is 15.2. The minimum Gasteiger partial charge on any atom is -0.317 e. The first-order chi connectivity index (χ1) is 7.86. The Morgan fingerprint density at radius 1 is 1.19 bits per heavy atom. The second-order valence-corrected chi connectivity index (χ2v) is 6.20. The lowest BCUT2D eigenvalue weighted by Crippen LogP contribution is -2.36. The molecule has 0 spiro atoms. The fraction of sp³-hybridized carbons (Fsp3) is 1.00. The molecule has 0 amide bonds. The van der Waals surface area contributed by atoms with Gasteiger partial charge in [-0.2, -0.15) is 0 Å². The third-order valence-corrected chi connectivity index (χ3v) is 5.34. The Morgan fingerprint density at radius 3 is 2.81 bits per heavy atom. The number of fused-ring (bicyclic) bond motifs is 2. The van der Waals surface area contributed by atoms with Gasteiger partial charge in [0.05, 0.1) is 0 Å². The first kappa shape index (κ1) is 11.0. The van der Waals surface area contributed by atoms with Crippen molar-refractivity contribution in [3.63, 3.8) is 0 Å². The molecule has 0 radical (unpaired) electrons. The second-order valence-electron chi connectivity index (χ2n) is 6.20. The Kier molecular flexibility index (Phi) is 3.21. The maximum Gasteiger partial charge on any atom is 0.00985 e. The van der Waals surface area contributed by atoms with Crippen LogP contribution < -0.4 is 5.32 Å². The number of likely N-dealkylation sites (tertiary alicyclic amines) is 1. The Bertz CT molecular complexity index is 235. The van der Waals surface area contributed by atoms with Gasteiger partial charge >= 0.3 is 0 Å². The normalized spacial score (nSPS) is 43.3. The van der Waals surface area contributed by atoms with E-state index in [0.29, 0.717) is 0 Å². The van der Waals surface area contributed by atoms with Crippen LogP contribution in [0, 0.1) is 11.8 Å². The van der Waals surface area contributed by atoms with Crippen molar-refractivity contribution in [1.82, 2.24) is 10.2 Å². The number of piperidine rings is 1. The van der Waals surface area contributed by atoms with Crippen molar-refractivity contribution >= 4 is 0 Å². The lowest BCUT2D eigenvalue weighted by molar-refractivity contribution is 0.194. The molecule has 1 saturated heterocycles. The van der Waals surface area contributed by atoms with Gasteiger partial charge in [0, 0.05) is 18.6 Å². The van der Waals surface area contributed by atoms with E-state index in [1.54, 1.807) is 0 Å². The van der Waals surface area contributed by atoms with Gasteiger partial charge in [-0.25, -0.2) is 0 Å². The molecular formula is C14H26N2. The molecule has 0 aromatic rings. The van der Waals surface area contributed by atoms with Crippen molar-refractivity contribution in [3.05, 3.63) is 0 Å². The minimum absolute atomic E-state index is 0.819. The second kappa shape index (κ2) is 4.66. The molecule has 2 heteroatoms. The third kappa shape index (κ3) is 2.02. The zero-order chi connectivity index (χ0) is 11.0. The molecule has 2 bridgehead atoms. The van der Waals surface area contributed by atoms with Gasteiger partial charge in [0.15, 0.2) is 0 Å². The van der Waals surface area contributed by atoms with Crippen LogP contribution in [0.4, 0.5) is 0 Å². The van der Waals surface area contributed by atoms with E-state index in [4.69, 9.17) is 0 Å². The molecule has 16 heavy (non-hydrogen) atoms. The molecule has 3 aliphatic rings. The molecule has 2 saturated carbocycles. The Labute approximate surface area is 99.8 Å². The van der Waals surface area contributed by atoms with Gasteiger partial charge in [0.2, 0.25) is 0 Å². The van der Waals surface area contributed by atoms with Crippen LogP contribution in [0.15, 0.2) is 0 Å². The summed E-state index contributed by atoms with van der Waals surface area (Å²) in [7, 11) is 2.14. The fourth-order valence-corrected chi connectivity index (χ4v) is 4.39. The van der Waals surface area contributed by atoms with Crippen molar-refractivity contribution in [2.75, 3.05) is 20.1 Å². The van der Waals surface area contributed by atoms with Gasteiger partial charge in [0.1, 0.15) is 0 Å². The fourth-order valence-electron chi connectivity index (χ4n) is 4.39. The number of hydrogen-bond donors (Lipinski definition) is 1. The number of nitrogens with one attached hydrogen (secondary N) is 1. The summed E-state index contributed by atoms with van der Waals surface area (Å²) < 4.78 is 0. The molecule has 92 valence electrons. The van der Waals surface area contributed by atoms with Gasteiger partial charge in [-0.05, 0) is 64.0 Å². The van der Waals surface area contributed by atoms with E-state index >= 15 is 0 Å². The molecule has 4 unspecified atom stereocenters. The molecule has 0 aromatic carbocycles. The van der Waals surface area contributed by atoms with Crippen LogP contribution in [-0.4, -0.2) is 37.1 Å². The highest BCUT2D eigenvalue weighted by Gasteiger charge is 2.38. The Hall–Kier alpha value is -0.0800. The van der Waals surface area contributed by atoms with E-state index in [9.17, 15) is 0 Å². The predicted octanol–water partition coefficient (Wildman–Crippen LogP) is 2.25. The van der Waals surface area contributed by atoms with Crippen LogP contribution >= 0.6 is 0 Å². The van der Waals surface area contributed by atoms with E-state index < -0.39 is 0 Å². The van der Waals surface area contributed by atoms with Gasteiger partial charge in [0.25, 0.3) is 0 Å². The molecule has 3 fully saturated rings. The monoisotopic (exact) mass is 222 g/mol. The summed E-state index contributed by atoms with van der Waals surface area (Å²) in [5.74, 6) is 2.03. The summed E-state index contributed by atoms with van der Waals surface area (Å²) in [6, 6.07) is 1.79. The molecule has 1 aliphatic heterocycles. The molecule has 3 rings (SSSR count). The van der Waals surface area contributed by atoms with Crippen molar-refractivity contribution < 1.29 is 0 Å². The summed E-state index contributed by atoms with van der Waals surface area (Å²) in [6.07, 6.45) is 10.3. The van der Waals surface area contributed by atoms with Crippen LogP contribution in [-0.2, 0) is 0 Å². The SMILES string of the molecule is CNC1CCCC1CCN1CC2CCC1C2. The van der Waals surface area contributed by atoms with Crippen LogP contribution in [0.1, 0.15) is 44.9 Å². The van der Waals surface area contributed by atoms with Gasteiger partial charge in [-0.1, -0.05) is 6.42 Å². The maximum atomic E-state index is 3.50. The average molecular weight is 222 g/mol. The van der Waals surface area contributed by atoms with Crippen LogP contribution in [0.25, 0.3) is 0 Å². The highest BCUT2D eigenvalue weighted by molar-refractivity contribution is 4.93. The number of nitrogens with zero attached hydrogens (tertiary/aromatic N) is 1. The highest BCUT2D eigenvalue weighted by Crippen LogP contribution is 2.38. The van der Waals surface area contributed by atoms with Crippen molar-refractivity contribution in [1.29, 1.82) is 0 Å². The summed E-state index contributed by atoms with van der Waals surface area (Å²) in [6.45, 7) is 2.80. The number of hydrogen-bond acceptors (Lipinski definition) is 2. The molecular weight excluding hydrogens is 196 g/mol. The Morgan fingerprint density at radius 2 is 2.12 bits per heavy atom. The summed E-state index contributed by atoms with van der Waals surface area (Å²) in [5, 5.41) is 3.50. The van der Waals surface area contributed by atoms with E-state index in [1.807, 2.05) is 0 Å². The van der Waals surface area contributed by atoms with Crippen molar-refractivity contribution in [2.45, 2.75) is 57.0 Å². The lowest BCUT2D eigenvalue weighted by atomic mass is 9.99. The molecule has 2 nitrogen and oxygen atoms in total. The van der Waals surface area contributed by atoms with Crippen LogP contribution in [0.2, 0.25) is 0 Å². The molecule has 2 aliphatic carbocycles. The van der Waals surface area contributed by atoms with Crippen molar-refractivity contribution in [2.24, 2.45) is 11.8 Å². The van der Waals surface area contributed by atoms with E-state index in [0.717, 1.165) is 23.9 Å². The standard InChI is InChI=1S/C14H26N2/c1-15-14-4-2-3-12(14)7-8-16-10-11-5-6-13(16)9-11/h11-15H,2-10H2,1H3. The zero-order valence-corrected chi connectivity index (χ0v) is 10.6. The summed E-state index contributed by atoms with van der Waals surface area (Å²) in [5.41, 5.74) is 0. The van der Waals surface area contributed by atoms with Crippen LogP contribution in [0.5, 0.6) is 0 Å². The van der Waals surface area contributed by atoms with Crippen molar-refractivity contribution in [3.8, 4) is 0 Å².